The Balaban J connectivity index is 1.97. The summed E-state index contributed by atoms with van der Waals surface area (Å²) in [6, 6.07) is 4.67. The summed E-state index contributed by atoms with van der Waals surface area (Å²) >= 11 is 0. The lowest BCUT2D eigenvalue weighted by atomic mass is 10.0. The van der Waals surface area contributed by atoms with E-state index in [0.717, 1.165) is 37.2 Å². The monoisotopic (exact) mass is 237 g/mol. The Bertz CT molecular complexity index is 425. The predicted octanol–water partition coefficient (Wildman–Crippen LogP) is 1.64. The van der Waals surface area contributed by atoms with Crippen LogP contribution in [0, 0.1) is 5.82 Å². The van der Waals surface area contributed by atoms with Crippen LogP contribution in [0.4, 0.5) is 10.1 Å². The van der Waals surface area contributed by atoms with Crippen LogP contribution >= 0.6 is 0 Å². The summed E-state index contributed by atoms with van der Waals surface area (Å²) < 4.78 is 18.7. The summed E-state index contributed by atoms with van der Waals surface area (Å²) in [5.41, 5.74) is 0.968. The van der Waals surface area contributed by atoms with Crippen LogP contribution in [-0.4, -0.2) is 31.4 Å². The zero-order valence-corrected chi connectivity index (χ0v) is 9.66. The molecule has 0 bridgehead atoms. The van der Waals surface area contributed by atoms with Crippen molar-refractivity contribution in [2.24, 2.45) is 0 Å². The van der Waals surface area contributed by atoms with Crippen molar-refractivity contribution >= 4 is 5.69 Å². The highest BCUT2D eigenvalue weighted by molar-refractivity contribution is 5.58. The molecular formula is C13H16FNO2. The second-order valence-corrected chi connectivity index (χ2v) is 4.79. The van der Waals surface area contributed by atoms with E-state index in [2.05, 4.69) is 4.90 Å². The minimum atomic E-state index is -0.721. The summed E-state index contributed by atoms with van der Waals surface area (Å²) in [5.74, 6) is -0.250. The largest absolute Gasteiger partial charge is 0.385 e. The molecule has 1 aromatic rings. The van der Waals surface area contributed by atoms with Gasteiger partial charge in [-0.25, -0.2) is 4.39 Å². The third-order valence-electron chi connectivity index (χ3n) is 3.54. The molecule has 92 valence electrons. The van der Waals surface area contributed by atoms with Gasteiger partial charge in [-0.15, -0.1) is 0 Å². The van der Waals surface area contributed by atoms with Crippen molar-refractivity contribution in [3.63, 3.8) is 0 Å². The van der Waals surface area contributed by atoms with Crippen molar-refractivity contribution in [1.29, 1.82) is 0 Å². The predicted molar refractivity (Wildman–Crippen MR) is 62.6 cm³/mol. The van der Waals surface area contributed by atoms with Crippen LogP contribution in [0.3, 0.4) is 0 Å². The van der Waals surface area contributed by atoms with E-state index in [9.17, 15) is 9.50 Å². The lowest BCUT2D eigenvalue weighted by molar-refractivity contribution is 0.121. The summed E-state index contributed by atoms with van der Waals surface area (Å²) in [6.07, 6.45) is 1.55. The molecule has 0 atom stereocenters. The molecule has 1 saturated heterocycles. The lowest BCUT2D eigenvalue weighted by Gasteiger charge is -2.31. The summed E-state index contributed by atoms with van der Waals surface area (Å²) in [6.45, 7) is 2.84. The third-order valence-corrected chi connectivity index (χ3v) is 3.54. The SMILES string of the molecule is OC1(c2ccc(F)cc2N2CCOCC2)CC1. The van der Waals surface area contributed by atoms with E-state index in [-0.39, 0.29) is 5.82 Å². The fourth-order valence-electron chi connectivity index (χ4n) is 2.35. The number of hydrogen-bond acceptors (Lipinski definition) is 3. The second kappa shape index (κ2) is 3.96. The Morgan fingerprint density at radius 2 is 1.94 bits per heavy atom. The molecule has 0 aromatic heterocycles. The van der Waals surface area contributed by atoms with Crippen molar-refractivity contribution in [2.75, 3.05) is 31.2 Å². The van der Waals surface area contributed by atoms with Gasteiger partial charge in [-0.2, -0.15) is 0 Å². The highest BCUT2D eigenvalue weighted by atomic mass is 19.1. The zero-order chi connectivity index (χ0) is 11.9. The average Bonchev–Trinajstić information content (AvgIpc) is 3.09. The number of ether oxygens (including phenoxy) is 1. The van der Waals surface area contributed by atoms with Crippen LogP contribution < -0.4 is 4.90 Å². The molecule has 1 N–H and O–H groups in total. The van der Waals surface area contributed by atoms with Gasteiger partial charge in [0.05, 0.1) is 18.8 Å². The van der Waals surface area contributed by atoms with Crippen molar-refractivity contribution in [3.8, 4) is 0 Å². The molecule has 0 unspecified atom stereocenters. The van der Waals surface area contributed by atoms with Crippen LogP contribution in [-0.2, 0) is 10.3 Å². The molecule has 0 spiro atoms. The fourth-order valence-corrected chi connectivity index (χ4v) is 2.35. The molecule has 1 saturated carbocycles. The summed E-state index contributed by atoms with van der Waals surface area (Å²) in [4.78, 5) is 2.10. The lowest BCUT2D eigenvalue weighted by Crippen LogP contribution is -2.37. The first-order valence-electron chi connectivity index (χ1n) is 6.04. The smallest absolute Gasteiger partial charge is 0.125 e. The van der Waals surface area contributed by atoms with Gasteiger partial charge in [0, 0.05) is 24.3 Å². The van der Waals surface area contributed by atoms with Crippen molar-refractivity contribution in [1.82, 2.24) is 0 Å². The molecule has 2 fully saturated rings. The maximum atomic E-state index is 13.4. The molecule has 17 heavy (non-hydrogen) atoms. The van der Waals surface area contributed by atoms with Gasteiger partial charge in [-0.3, -0.25) is 0 Å². The van der Waals surface area contributed by atoms with E-state index in [1.807, 2.05) is 0 Å². The molecule has 3 nitrogen and oxygen atoms in total. The summed E-state index contributed by atoms with van der Waals surface area (Å²) in [5, 5.41) is 10.2. The van der Waals surface area contributed by atoms with Gasteiger partial charge in [0.15, 0.2) is 0 Å². The van der Waals surface area contributed by atoms with Crippen molar-refractivity contribution < 1.29 is 14.2 Å². The Kier molecular flexibility index (Phi) is 2.56. The van der Waals surface area contributed by atoms with E-state index < -0.39 is 5.60 Å². The topological polar surface area (TPSA) is 32.7 Å². The van der Waals surface area contributed by atoms with Gasteiger partial charge in [0.25, 0.3) is 0 Å². The van der Waals surface area contributed by atoms with Gasteiger partial charge in [-0.1, -0.05) is 6.07 Å². The summed E-state index contributed by atoms with van der Waals surface area (Å²) in [7, 11) is 0. The molecule has 1 aliphatic carbocycles. The Hall–Kier alpha value is -1.13. The molecule has 0 radical (unpaired) electrons. The first-order valence-corrected chi connectivity index (χ1v) is 6.04. The molecule has 0 amide bonds. The number of benzene rings is 1. The first kappa shape index (κ1) is 11.0. The van der Waals surface area contributed by atoms with Gasteiger partial charge >= 0.3 is 0 Å². The molecule has 1 aromatic carbocycles. The van der Waals surface area contributed by atoms with Gasteiger partial charge in [-0.05, 0) is 25.0 Å². The third kappa shape index (κ3) is 2.03. The van der Waals surface area contributed by atoms with E-state index in [0.29, 0.717) is 13.2 Å². The van der Waals surface area contributed by atoms with Crippen molar-refractivity contribution in [2.45, 2.75) is 18.4 Å². The highest BCUT2D eigenvalue weighted by Crippen LogP contribution is 2.48. The number of rotatable bonds is 2. The minimum absolute atomic E-state index is 0.250. The molecule has 2 aliphatic rings. The Morgan fingerprint density at radius 1 is 1.24 bits per heavy atom. The zero-order valence-electron chi connectivity index (χ0n) is 9.66. The number of morpholine rings is 1. The van der Waals surface area contributed by atoms with E-state index >= 15 is 0 Å². The molecule has 1 aliphatic heterocycles. The highest BCUT2D eigenvalue weighted by Gasteiger charge is 2.44. The average molecular weight is 237 g/mol. The van der Waals surface area contributed by atoms with E-state index in [1.165, 1.54) is 12.1 Å². The number of hydrogen-bond donors (Lipinski definition) is 1. The molecular weight excluding hydrogens is 221 g/mol. The molecule has 3 rings (SSSR count). The van der Waals surface area contributed by atoms with E-state index in [4.69, 9.17) is 4.74 Å². The number of aliphatic hydroxyl groups is 1. The molecule has 4 heteroatoms. The van der Waals surface area contributed by atoms with Crippen LogP contribution in [0.15, 0.2) is 18.2 Å². The van der Waals surface area contributed by atoms with Crippen LogP contribution in [0.25, 0.3) is 0 Å². The first-order chi connectivity index (χ1) is 8.19. The van der Waals surface area contributed by atoms with Crippen molar-refractivity contribution in [3.05, 3.63) is 29.6 Å². The van der Waals surface area contributed by atoms with Gasteiger partial charge < -0.3 is 14.7 Å². The quantitative estimate of drug-likeness (QED) is 0.848. The Labute approximate surface area is 99.8 Å². The van der Waals surface area contributed by atoms with Gasteiger partial charge in [0.1, 0.15) is 5.82 Å². The second-order valence-electron chi connectivity index (χ2n) is 4.79. The maximum absolute atomic E-state index is 13.4. The number of nitrogens with zero attached hydrogens (tertiary/aromatic N) is 1. The Morgan fingerprint density at radius 3 is 2.59 bits per heavy atom. The standard InChI is InChI=1S/C13H16FNO2/c14-10-1-2-11(13(16)3-4-13)12(9-10)15-5-7-17-8-6-15/h1-2,9,16H,3-8H2. The van der Waals surface area contributed by atoms with Gasteiger partial charge in [0.2, 0.25) is 0 Å². The fraction of sp³-hybridized carbons (Fsp3) is 0.538. The van der Waals surface area contributed by atoms with Crippen LogP contribution in [0.5, 0.6) is 0 Å². The van der Waals surface area contributed by atoms with Crippen LogP contribution in [0.2, 0.25) is 0 Å². The molecule has 1 heterocycles. The number of halogens is 1. The maximum Gasteiger partial charge on any atom is 0.125 e. The minimum Gasteiger partial charge on any atom is -0.385 e. The van der Waals surface area contributed by atoms with E-state index in [1.54, 1.807) is 6.07 Å². The number of anilines is 1. The van der Waals surface area contributed by atoms with Crippen LogP contribution in [0.1, 0.15) is 18.4 Å². The normalized spacial score (nSPS) is 22.6.